The van der Waals surface area contributed by atoms with Gasteiger partial charge in [0.05, 0.1) is 5.82 Å². The van der Waals surface area contributed by atoms with Crippen molar-refractivity contribution in [3.8, 4) is 0 Å². The quantitative estimate of drug-likeness (QED) is 0.527. The summed E-state index contributed by atoms with van der Waals surface area (Å²) >= 11 is 0. The van der Waals surface area contributed by atoms with Gasteiger partial charge in [-0.05, 0) is 0 Å². The molecule has 8 heteroatoms. The van der Waals surface area contributed by atoms with Crippen molar-refractivity contribution in [2.24, 2.45) is 5.73 Å². The van der Waals surface area contributed by atoms with Crippen LogP contribution in [0, 0.1) is 0 Å². The molecule has 0 rings (SSSR count). The zero-order chi connectivity index (χ0) is 9.28. The largest absolute Gasteiger partial charge is 0.431 e. The highest BCUT2D eigenvalue weighted by Crippen LogP contribution is 2.39. The highest BCUT2D eigenvalue weighted by Gasteiger charge is 2.33. The predicted octanol–water partition coefficient (Wildman–Crippen LogP) is 0.526. The Kier molecular flexibility index (Phi) is 2.71. The molecular weight excluding hydrogens is 186 g/mol. The van der Waals surface area contributed by atoms with Crippen LogP contribution in [0.4, 0.5) is 13.2 Å². The zero-order valence-corrected chi connectivity index (χ0v) is 5.93. The van der Waals surface area contributed by atoms with E-state index in [9.17, 15) is 17.7 Å². The predicted molar refractivity (Wildman–Crippen MR) is 30.4 cm³/mol. The Morgan fingerprint density at radius 2 is 1.82 bits per heavy atom. The van der Waals surface area contributed by atoms with E-state index in [2.05, 4.69) is 5.73 Å². The number of hydrogen-bond acceptors (Lipinski definition) is 2. The summed E-state index contributed by atoms with van der Waals surface area (Å²) in [5.41, 5.74) is 2.49. The van der Waals surface area contributed by atoms with E-state index in [4.69, 9.17) is 9.79 Å². The number of allylic oxidation sites excluding steroid dienone is 1. The minimum atomic E-state index is -4.89. The van der Waals surface area contributed by atoms with Crippen LogP contribution in [-0.2, 0) is 4.57 Å². The summed E-state index contributed by atoms with van der Waals surface area (Å²) in [4.78, 5) is 16.0. The molecule has 11 heavy (non-hydrogen) atoms. The van der Waals surface area contributed by atoms with Crippen molar-refractivity contribution in [1.82, 2.24) is 0 Å². The highest BCUT2D eigenvalue weighted by molar-refractivity contribution is 7.55. The molecule has 0 amide bonds. The molecular formula is C3H5F3NO3P. The Bertz CT molecular complexity index is 216. The van der Waals surface area contributed by atoms with Crippen molar-refractivity contribution in [2.75, 3.05) is 0 Å². The van der Waals surface area contributed by atoms with Crippen molar-refractivity contribution in [3.63, 3.8) is 0 Å². The molecule has 0 aromatic carbocycles. The zero-order valence-electron chi connectivity index (χ0n) is 5.04. The van der Waals surface area contributed by atoms with Crippen LogP contribution in [0.1, 0.15) is 0 Å². The maximum absolute atomic E-state index is 11.4. The van der Waals surface area contributed by atoms with E-state index >= 15 is 0 Å². The number of hydrogen-bond donors (Lipinski definition) is 3. The van der Waals surface area contributed by atoms with E-state index in [1.54, 1.807) is 0 Å². The van der Waals surface area contributed by atoms with Gasteiger partial charge in [0.1, 0.15) is 5.70 Å². The second-order valence-corrected chi connectivity index (χ2v) is 3.11. The van der Waals surface area contributed by atoms with E-state index in [1.165, 1.54) is 0 Å². The average Bonchev–Trinajstić information content (AvgIpc) is 1.56. The Balaban J connectivity index is 4.63. The van der Waals surface area contributed by atoms with Gasteiger partial charge < -0.3 is 15.5 Å². The third-order valence-corrected chi connectivity index (χ3v) is 1.25. The van der Waals surface area contributed by atoms with Crippen LogP contribution in [0.15, 0.2) is 11.5 Å². The van der Waals surface area contributed by atoms with Gasteiger partial charge in [0.15, 0.2) is 0 Å². The second-order valence-electron chi connectivity index (χ2n) is 1.67. The Hall–Kier alpha value is -0.520. The lowest BCUT2D eigenvalue weighted by Crippen LogP contribution is -2.19. The first-order valence-electron chi connectivity index (χ1n) is 2.24. The molecule has 0 atom stereocenters. The van der Waals surface area contributed by atoms with Gasteiger partial charge in [-0.15, -0.1) is 0 Å². The molecule has 0 unspecified atom stereocenters. The van der Waals surface area contributed by atoms with Crippen LogP contribution in [0.5, 0.6) is 0 Å². The molecule has 0 bridgehead atoms. The molecule has 66 valence electrons. The minimum Gasteiger partial charge on any atom is -0.394 e. The number of halogens is 3. The maximum atomic E-state index is 11.4. The summed E-state index contributed by atoms with van der Waals surface area (Å²) in [5, 5.41) is 0. The van der Waals surface area contributed by atoms with Crippen LogP contribution >= 0.6 is 7.60 Å². The molecule has 0 heterocycles. The summed E-state index contributed by atoms with van der Waals surface area (Å²) in [6.45, 7) is 0. The molecule has 4 nitrogen and oxygen atoms in total. The third kappa shape index (κ3) is 4.83. The summed E-state index contributed by atoms with van der Waals surface area (Å²) in [5.74, 6) is -0.326. The molecule has 0 aliphatic rings. The van der Waals surface area contributed by atoms with Gasteiger partial charge in [-0.2, -0.15) is 13.2 Å². The van der Waals surface area contributed by atoms with Crippen molar-refractivity contribution >= 4 is 7.60 Å². The highest BCUT2D eigenvalue weighted by atomic mass is 31.2. The first kappa shape index (κ1) is 10.5. The van der Waals surface area contributed by atoms with E-state index in [-0.39, 0.29) is 5.82 Å². The van der Waals surface area contributed by atoms with Crippen molar-refractivity contribution in [1.29, 1.82) is 0 Å². The lowest BCUT2D eigenvalue weighted by molar-refractivity contribution is -0.0926. The van der Waals surface area contributed by atoms with E-state index in [0.717, 1.165) is 0 Å². The van der Waals surface area contributed by atoms with Crippen LogP contribution in [0.25, 0.3) is 0 Å². The Morgan fingerprint density at radius 1 is 1.45 bits per heavy atom. The monoisotopic (exact) mass is 191 g/mol. The molecule has 0 fully saturated rings. The molecule has 0 saturated carbocycles. The Morgan fingerprint density at radius 3 is 1.91 bits per heavy atom. The molecule has 0 aromatic heterocycles. The first-order valence-corrected chi connectivity index (χ1v) is 3.92. The summed E-state index contributed by atoms with van der Waals surface area (Å²) in [7, 11) is -4.83. The molecule has 4 N–H and O–H groups in total. The lowest BCUT2D eigenvalue weighted by atomic mass is 10.5. The molecule has 0 aromatic rings. The van der Waals surface area contributed by atoms with Crippen LogP contribution in [0.2, 0.25) is 0 Å². The van der Waals surface area contributed by atoms with Crippen LogP contribution in [0.3, 0.4) is 0 Å². The number of nitrogens with two attached hydrogens (primary N) is 1. The molecule has 0 aliphatic carbocycles. The van der Waals surface area contributed by atoms with Crippen LogP contribution < -0.4 is 5.73 Å². The van der Waals surface area contributed by atoms with Gasteiger partial charge >= 0.3 is 13.8 Å². The topological polar surface area (TPSA) is 83.6 Å². The Labute approximate surface area is 59.7 Å². The van der Waals surface area contributed by atoms with Gasteiger partial charge in [0.2, 0.25) is 0 Å². The fourth-order valence-corrected chi connectivity index (χ4v) is 0.763. The van der Waals surface area contributed by atoms with E-state index in [1.807, 2.05) is 0 Å². The summed E-state index contributed by atoms with van der Waals surface area (Å²) < 4.78 is 44.3. The molecule has 0 radical (unpaired) electrons. The summed E-state index contributed by atoms with van der Waals surface area (Å²) in [6, 6.07) is 0. The second kappa shape index (κ2) is 2.84. The van der Waals surface area contributed by atoms with Crippen molar-refractivity contribution < 1.29 is 27.5 Å². The fraction of sp³-hybridized carbons (Fsp3) is 0.333. The lowest BCUT2D eigenvalue weighted by Gasteiger charge is -2.05. The standard InChI is InChI=1S/C3H5F3NO3P/c4-3(5,6)2(7)1-11(8,9)10/h1H,7H2,(H2,8,9,10). The normalized spacial score (nSPS) is 15.2. The molecule has 0 spiro atoms. The first-order chi connectivity index (χ1) is 4.63. The van der Waals surface area contributed by atoms with Gasteiger partial charge in [-0.25, -0.2) is 0 Å². The van der Waals surface area contributed by atoms with Crippen molar-refractivity contribution in [3.05, 3.63) is 11.5 Å². The third-order valence-electron chi connectivity index (χ3n) is 0.635. The smallest absolute Gasteiger partial charge is 0.394 e. The van der Waals surface area contributed by atoms with E-state index in [0.29, 0.717) is 0 Å². The fourth-order valence-electron chi connectivity index (χ4n) is 0.254. The minimum absolute atomic E-state index is 0.326. The van der Waals surface area contributed by atoms with Gasteiger partial charge in [-0.3, -0.25) is 4.57 Å². The number of alkyl halides is 3. The van der Waals surface area contributed by atoms with Crippen molar-refractivity contribution in [2.45, 2.75) is 6.18 Å². The maximum Gasteiger partial charge on any atom is 0.431 e. The van der Waals surface area contributed by atoms with Gasteiger partial charge in [-0.1, -0.05) is 0 Å². The number of rotatable bonds is 1. The van der Waals surface area contributed by atoms with Crippen LogP contribution in [-0.4, -0.2) is 16.0 Å². The molecule has 0 aliphatic heterocycles. The molecule has 0 saturated heterocycles. The average molecular weight is 191 g/mol. The SMILES string of the molecule is NC(=CP(=O)(O)O)C(F)(F)F. The van der Waals surface area contributed by atoms with E-state index < -0.39 is 19.5 Å². The van der Waals surface area contributed by atoms with Gasteiger partial charge in [0, 0.05) is 0 Å². The summed E-state index contributed by atoms with van der Waals surface area (Å²) in [6.07, 6.45) is -4.89. The van der Waals surface area contributed by atoms with Gasteiger partial charge in [0.25, 0.3) is 0 Å².